The molecule has 7 heteroatoms. The van der Waals surface area contributed by atoms with Crippen LogP contribution in [-0.2, 0) is 11.9 Å². The Morgan fingerprint density at radius 2 is 1.79 bits per heavy atom. The minimum absolute atomic E-state index is 0.319. The number of thioether (sulfide) groups is 1. The fraction of sp³-hybridized carbons (Fsp3) is 0.176. The zero-order valence-electron chi connectivity index (χ0n) is 12.7. The second-order valence-electron chi connectivity index (χ2n) is 5.23. The first-order chi connectivity index (χ1) is 11.4. The van der Waals surface area contributed by atoms with Crippen LogP contribution < -0.4 is 0 Å². The van der Waals surface area contributed by atoms with Crippen molar-refractivity contribution in [3.05, 3.63) is 65.2 Å². The highest BCUT2D eigenvalue weighted by Crippen LogP contribution is 2.31. The second-order valence-corrected chi connectivity index (χ2v) is 6.15. The van der Waals surface area contributed by atoms with E-state index in [0.29, 0.717) is 22.4 Å². The minimum Gasteiger partial charge on any atom is -0.411 e. The third-order valence-corrected chi connectivity index (χ3v) is 4.21. The van der Waals surface area contributed by atoms with Crippen molar-refractivity contribution in [3.8, 4) is 11.5 Å². The van der Waals surface area contributed by atoms with Crippen LogP contribution in [-0.4, -0.2) is 10.2 Å². The topological polar surface area (TPSA) is 38.9 Å². The zero-order chi connectivity index (χ0) is 17.2. The van der Waals surface area contributed by atoms with Crippen LogP contribution in [0.1, 0.15) is 16.7 Å². The number of nitrogens with zero attached hydrogens (tertiary/aromatic N) is 2. The van der Waals surface area contributed by atoms with Crippen molar-refractivity contribution in [1.82, 2.24) is 10.2 Å². The molecule has 1 aromatic heterocycles. The highest BCUT2D eigenvalue weighted by Gasteiger charge is 2.30. The molecule has 3 aromatic rings. The molecule has 0 fully saturated rings. The molecule has 0 aliphatic carbocycles. The summed E-state index contributed by atoms with van der Waals surface area (Å²) in [6.07, 6.45) is -4.34. The van der Waals surface area contributed by atoms with Gasteiger partial charge in [0.2, 0.25) is 5.89 Å². The SMILES string of the molecule is Cc1ccc(-c2nnc(SCc3cccc(C(F)(F)F)c3)o2)cc1. The van der Waals surface area contributed by atoms with Gasteiger partial charge in [-0.3, -0.25) is 0 Å². The van der Waals surface area contributed by atoms with E-state index in [-0.39, 0.29) is 0 Å². The summed E-state index contributed by atoms with van der Waals surface area (Å²) in [7, 11) is 0. The third-order valence-electron chi connectivity index (χ3n) is 3.32. The van der Waals surface area contributed by atoms with E-state index in [1.54, 1.807) is 6.07 Å². The monoisotopic (exact) mass is 350 g/mol. The summed E-state index contributed by atoms with van der Waals surface area (Å²) in [5.41, 5.74) is 1.81. The smallest absolute Gasteiger partial charge is 0.411 e. The summed E-state index contributed by atoms with van der Waals surface area (Å²) >= 11 is 1.20. The molecule has 0 amide bonds. The normalized spacial score (nSPS) is 11.7. The molecular weight excluding hydrogens is 337 g/mol. The van der Waals surface area contributed by atoms with Gasteiger partial charge in [-0.25, -0.2) is 0 Å². The Kier molecular flexibility index (Phi) is 4.62. The molecule has 0 unspecified atom stereocenters. The molecular formula is C17H13F3N2OS. The Morgan fingerprint density at radius 3 is 2.50 bits per heavy atom. The van der Waals surface area contributed by atoms with Gasteiger partial charge in [-0.1, -0.05) is 47.7 Å². The van der Waals surface area contributed by atoms with E-state index in [1.165, 1.54) is 17.8 Å². The number of hydrogen-bond donors (Lipinski definition) is 0. The Morgan fingerprint density at radius 1 is 1.04 bits per heavy atom. The molecule has 24 heavy (non-hydrogen) atoms. The average molecular weight is 350 g/mol. The Balaban J connectivity index is 1.69. The van der Waals surface area contributed by atoms with Crippen LogP contribution in [0.15, 0.2) is 58.2 Å². The van der Waals surface area contributed by atoms with Crippen molar-refractivity contribution < 1.29 is 17.6 Å². The molecule has 2 aromatic carbocycles. The molecule has 0 radical (unpaired) electrons. The molecule has 1 heterocycles. The number of aryl methyl sites for hydroxylation is 1. The van der Waals surface area contributed by atoms with Crippen LogP contribution in [0.4, 0.5) is 13.2 Å². The highest BCUT2D eigenvalue weighted by molar-refractivity contribution is 7.98. The van der Waals surface area contributed by atoms with Crippen molar-refractivity contribution in [3.63, 3.8) is 0 Å². The van der Waals surface area contributed by atoms with Crippen molar-refractivity contribution in [2.45, 2.75) is 24.1 Å². The molecule has 0 aliphatic heterocycles. The summed E-state index contributed by atoms with van der Waals surface area (Å²) in [6, 6.07) is 12.8. The van der Waals surface area contributed by atoms with E-state index in [0.717, 1.165) is 23.3 Å². The van der Waals surface area contributed by atoms with Crippen molar-refractivity contribution >= 4 is 11.8 Å². The van der Waals surface area contributed by atoms with Crippen LogP contribution in [0.5, 0.6) is 0 Å². The molecule has 124 valence electrons. The van der Waals surface area contributed by atoms with Gasteiger partial charge in [-0.15, -0.1) is 10.2 Å². The summed E-state index contributed by atoms with van der Waals surface area (Å²) < 4.78 is 43.7. The number of rotatable bonds is 4. The highest BCUT2D eigenvalue weighted by atomic mass is 32.2. The molecule has 3 rings (SSSR count). The second kappa shape index (κ2) is 6.68. The lowest BCUT2D eigenvalue weighted by Gasteiger charge is -2.07. The number of aromatic nitrogens is 2. The quantitative estimate of drug-likeness (QED) is 0.594. The largest absolute Gasteiger partial charge is 0.416 e. The first-order valence-corrected chi connectivity index (χ1v) is 8.10. The van der Waals surface area contributed by atoms with E-state index in [2.05, 4.69) is 10.2 Å². The summed E-state index contributed by atoms with van der Waals surface area (Å²) in [5.74, 6) is 0.709. The molecule has 0 aliphatic rings. The lowest BCUT2D eigenvalue weighted by atomic mass is 10.1. The Bertz CT molecular complexity index is 828. The first kappa shape index (κ1) is 16.6. The zero-order valence-corrected chi connectivity index (χ0v) is 13.5. The molecule has 0 bridgehead atoms. The molecule has 3 nitrogen and oxygen atoms in total. The predicted molar refractivity (Wildman–Crippen MR) is 85.5 cm³/mol. The van der Waals surface area contributed by atoms with Gasteiger partial charge in [0.05, 0.1) is 5.56 Å². The Labute approximate surface area is 140 Å². The standard InChI is InChI=1S/C17H13F3N2OS/c1-11-5-7-13(8-6-11)15-21-22-16(23-15)24-10-12-3-2-4-14(9-12)17(18,19)20/h2-9H,10H2,1H3. The van der Waals surface area contributed by atoms with E-state index < -0.39 is 11.7 Å². The first-order valence-electron chi connectivity index (χ1n) is 7.11. The maximum Gasteiger partial charge on any atom is 0.416 e. The van der Waals surface area contributed by atoms with Gasteiger partial charge in [-0.05, 0) is 30.7 Å². The fourth-order valence-electron chi connectivity index (χ4n) is 2.06. The van der Waals surface area contributed by atoms with E-state index in [1.807, 2.05) is 31.2 Å². The third kappa shape index (κ3) is 3.97. The van der Waals surface area contributed by atoms with E-state index >= 15 is 0 Å². The lowest BCUT2D eigenvalue weighted by Crippen LogP contribution is -2.04. The summed E-state index contributed by atoms with van der Waals surface area (Å²) in [6.45, 7) is 1.98. The molecule has 0 atom stereocenters. The summed E-state index contributed by atoms with van der Waals surface area (Å²) in [4.78, 5) is 0. The van der Waals surface area contributed by atoms with Gasteiger partial charge < -0.3 is 4.42 Å². The predicted octanol–water partition coefficient (Wildman–Crippen LogP) is 5.36. The molecule has 0 spiro atoms. The van der Waals surface area contributed by atoms with E-state index in [9.17, 15) is 13.2 Å². The Hall–Kier alpha value is -2.28. The van der Waals surface area contributed by atoms with Crippen LogP contribution in [0.2, 0.25) is 0 Å². The summed E-state index contributed by atoms with van der Waals surface area (Å²) in [5, 5.41) is 8.22. The minimum atomic E-state index is -4.34. The van der Waals surface area contributed by atoms with Gasteiger partial charge >= 0.3 is 6.18 Å². The van der Waals surface area contributed by atoms with Gasteiger partial charge in [0.1, 0.15) is 0 Å². The van der Waals surface area contributed by atoms with Crippen molar-refractivity contribution in [2.24, 2.45) is 0 Å². The molecule has 0 saturated heterocycles. The fourth-order valence-corrected chi connectivity index (χ4v) is 2.77. The van der Waals surface area contributed by atoms with Crippen LogP contribution in [0.25, 0.3) is 11.5 Å². The van der Waals surface area contributed by atoms with E-state index in [4.69, 9.17) is 4.42 Å². The molecule has 0 saturated carbocycles. The molecule has 0 N–H and O–H groups in total. The van der Waals surface area contributed by atoms with Gasteiger partial charge in [0.15, 0.2) is 0 Å². The van der Waals surface area contributed by atoms with Crippen LogP contribution in [0, 0.1) is 6.92 Å². The number of alkyl halides is 3. The van der Waals surface area contributed by atoms with Crippen LogP contribution in [0.3, 0.4) is 0 Å². The van der Waals surface area contributed by atoms with Crippen molar-refractivity contribution in [2.75, 3.05) is 0 Å². The maximum absolute atomic E-state index is 12.7. The average Bonchev–Trinajstić information content (AvgIpc) is 3.02. The van der Waals surface area contributed by atoms with Gasteiger partial charge in [0, 0.05) is 11.3 Å². The number of hydrogen-bond acceptors (Lipinski definition) is 4. The lowest BCUT2D eigenvalue weighted by molar-refractivity contribution is -0.137. The van der Waals surface area contributed by atoms with Crippen LogP contribution >= 0.6 is 11.8 Å². The van der Waals surface area contributed by atoms with Crippen molar-refractivity contribution in [1.29, 1.82) is 0 Å². The number of halogens is 3. The van der Waals surface area contributed by atoms with Gasteiger partial charge in [-0.2, -0.15) is 13.2 Å². The number of benzene rings is 2. The van der Waals surface area contributed by atoms with Gasteiger partial charge in [0.25, 0.3) is 5.22 Å². The maximum atomic E-state index is 12.7.